The Morgan fingerprint density at radius 3 is 2.30 bits per heavy atom. The minimum Gasteiger partial charge on any atom is -0.371 e. The van der Waals surface area contributed by atoms with Crippen LogP contribution in [0.1, 0.15) is 85.3 Å². The monoisotopic (exact) mass is 717 g/mol. The van der Waals surface area contributed by atoms with Crippen molar-refractivity contribution in [2.45, 2.75) is 70.8 Å². The molecule has 1 atom stereocenters. The van der Waals surface area contributed by atoms with Crippen LogP contribution in [0.25, 0.3) is 11.0 Å². The quantitative estimate of drug-likeness (QED) is 0.174. The van der Waals surface area contributed by atoms with Crippen molar-refractivity contribution in [3.05, 3.63) is 75.8 Å². The second-order valence-corrected chi connectivity index (χ2v) is 15.1. The van der Waals surface area contributed by atoms with Gasteiger partial charge in [0.05, 0.1) is 23.4 Å². The molecule has 1 unspecified atom stereocenters. The van der Waals surface area contributed by atoms with E-state index in [-0.39, 0.29) is 40.7 Å². The van der Waals surface area contributed by atoms with Gasteiger partial charge in [-0.2, -0.15) is 4.98 Å². The number of nitrogens with zero attached hydrogens (tertiary/aromatic N) is 7. The lowest BCUT2D eigenvalue weighted by Gasteiger charge is -2.43. The molecule has 8 rings (SSSR count). The summed E-state index contributed by atoms with van der Waals surface area (Å²) in [6.45, 7) is 10.3. The van der Waals surface area contributed by atoms with Gasteiger partial charge in [-0.1, -0.05) is 25.0 Å². The molecule has 3 aliphatic heterocycles. The fraction of sp³-hybridized carbons (Fsp3) is 0.475. The molecule has 6 heterocycles. The maximum atomic E-state index is 13.5. The van der Waals surface area contributed by atoms with Crippen LogP contribution >= 0.6 is 0 Å². The number of carbonyl (C=O) groups is 3. The number of amides is 2. The lowest BCUT2D eigenvalue weighted by atomic mass is 9.90. The maximum Gasteiger partial charge on any atom is 0.263 e. The maximum absolute atomic E-state index is 13.5. The predicted molar refractivity (Wildman–Crippen MR) is 204 cm³/mol. The number of aromatic nitrogens is 4. The molecule has 1 aromatic carbocycles. The van der Waals surface area contributed by atoms with E-state index in [0.29, 0.717) is 41.7 Å². The summed E-state index contributed by atoms with van der Waals surface area (Å²) in [6.07, 6.45) is 9.64. The number of benzene rings is 1. The number of carbonyl (C=O) groups excluding carboxylic acids is 3. The van der Waals surface area contributed by atoms with Crippen LogP contribution in [0.5, 0.6) is 0 Å². The third-order valence-corrected chi connectivity index (χ3v) is 11.7. The van der Waals surface area contributed by atoms with Gasteiger partial charge in [-0.3, -0.25) is 34.0 Å². The number of hydrogen-bond acceptors (Lipinski definition) is 11. The minimum atomic E-state index is -0.260. The zero-order valence-corrected chi connectivity index (χ0v) is 30.5. The van der Waals surface area contributed by atoms with E-state index in [0.717, 1.165) is 88.1 Å². The Morgan fingerprint density at radius 1 is 0.887 bits per heavy atom. The van der Waals surface area contributed by atoms with Gasteiger partial charge in [0.1, 0.15) is 11.5 Å². The highest BCUT2D eigenvalue weighted by Gasteiger charge is 2.31. The van der Waals surface area contributed by atoms with Crippen molar-refractivity contribution in [2.75, 3.05) is 60.9 Å². The molecule has 1 aliphatic carbocycles. The van der Waals surface area contributed by atoms with E-state index in [2.05, 4.69) is 53.5 Å². The third-order valence-electron chi connectivity index (χ3n) is 11.7. The lowest BCUT2D eigenvalue weighted by Crippen LogP contribution is -2.50. The van der Waals surface area contributed by atoms with Gasteiger partial charge < -0.3 is 15.1 Å². The van der Waals surface area contributed by atoms with Crippen molar-refractivity contribution in [1.29, 1.82) is 0 Å². The molecule has 2 amide bonds. The number of anilines is 4. The molecule has 3 saturated heterocycles. The molecule has 1 saturated carbocycles. The fourth-order valence-corrected chi connectivity index (χ4v) is 8.56. The second-order valence-electron chi connectivity index (χ2n) is 15.1. The Bertz CT molecular complexity index is 2080. The summed E-state index contributed by atoms with van der Waals surface area (Å²) in [6, 6.07) is 12.3. The average Bonchev–Trinajstić information content (AvgIpc) is 3.66. The second kappa shape index (κ2) is 14.7. The Labute approximate surface area is 308 Å². The summed E-state index contributed by atoms with van der Waals surface area (Å²) in [4.78, 5) is 71.0. The van der Waals surface area contributed by atoms with Gasteiger partial charge in [-0.15, -0.1) is 0 Å². The van der Waals surface area contributed by atoms with Crippen molar-refractivity contribution in [2.24, 2.45) is 5.92 Å². The number of ketones is 1. The first-order chi connectivity index (χ1) is 25.7. The van der Waals surface area contributed by atoms with Gasteiger partial charge in [0.25, 0.3) is 5.56 Å². The highest BCUT2D eigenvalue weighted by molar-refractivity contribution is 6.01. The molecule has 4 aliphatic rings. The molecule has 0 bridgehead atoms. The Morgan fingerprint density at radius 2 is 1.62 bits per heavy atom. The van der Waals surface area contributed by atoms with Crippen molar-refractivity contribution < 1.29 is 14.4 Å². The largest absolute Gasteiger partial charge is 0.371 e. The Balaban J connectivity index is 0.817. The predicted octanol–water partition coefficient (Wildman–Crippen LogP) is 4.72. The number of fused-ring (bicyclic) bond motifs is 1. The Kier molecular flexibility index (Phi) is 9.67. The minimum absolute atomic E-state index is 0.0258. The number of imide groups is 1. The fourth-order valence-electron chi connectivity index (χ4n) is 8.56. The van der Waals surface area contributed by atoms with Gasteiger partial charge >= 0.3 is 0 Å². The van der Waals surface area contributed by atoms with E-state index >= 15 is 0 Å². The molecule has 4 fully saturated rings. The van der Waals surface area contributed by atoms with Crippen LogP contribution in [0.3, 0.4) is 0 Å². The number of aryl methyl sites for hydroxylation is 1. The van der Waals surface area contributed by atoms with E-state index in [4.69, 9.17) is 4.98 Å². The van der Waals surface area contributed by atoms with Crippen LogP contribution < -0.4 is 26.0 Å². The van der Waals surface area contributed by atoms with Crippen LogP contribution in [-0.4, -0.2) is 87.8 Å². The van der Waals surface area contributed by atoms with Crippen LogP contribution in [0.4, 0.5) is 23.1 Å². The molecule has 53 heavy (non-hydrogen) atoms. The molecule has 2 N–H and O–H groups in total. The normalized spacial score (nSPS) is 20.2. The van der Waals surface area contributed by atoms with Crippen molar-refractivity contribution >= 4 is 51.8 Å². The number of rotatable bonds is 10. The van der Waals surface area contributed by atoms with E-state index in [1.54, 1.807) is 17.7 Å². The number of piperidine rings is 1. The van der Waals surface area contributed by atoms with Gasteiger partial charge in [0.2, 0.25) is 17.8 Å². The zero-order valence-electron chi connectivity index (χ0n) is 30.5. The van der Waals surface area contributed by atoms with Gasteiger partial charge in [-0.05, 0) is 87.4 Å². The first-order valence-corrected chi connectivity index (χ1v) is 19.0. The number of pyridine rings is 2. The SMILES string of the molecule is CC(=O)c1c(C)c2cnc(Nc3ccc(N4CCN(CCC5CN(c6ccc(C7CCC(=O)NC7=O)cc6)C5)CC4)cn3)nc2n(C2CCCC2)c1=O. The molecule has 4 aromatic rings. The summed E-state index contributed by atoms with van der Waals surface area (Å²) in [7, 11) is 0. The molecule has 3 aromatic heterocycles. The van der Waals surface area contributed by atoms with Gasteiger partial charge in [-0.25, -0.2) is 9.97 Å². The summed E-state index contributed by atoms with van der Waals surface area (Å²) < 4.78 is 1.73. The van der Waals surface area contributed by atoms with Crippen LogP contribution in [-0.2, 0) is 9.59 Å². The van der Waals surface area contributed by atoms with E-state index in [1.807, 2.05) is 24.4 Å². The smallest absolute Gasteiger partial charge is 0.263 e. The van der Waals surface area contributed by atoms with Crippen LogP contribution in [0.2, 0.25) is 0 Å². The molecule has 0 spiro atoms. The third kappa shape index (κ3) is 7.14. The van der Waals surface area contributed by atoms with Crippen molar-refractivity contribution in [1.82, 2.24) is 29.7 Å². The molecular formula is C40H47N9O4. The number of nitrogens with one attached hydrogen (secondary N) is 2. The summed E-state index contributed by atoms with van der Waals surface area (Å²) in [5.41, 5.74) is 4.40. The number of Topliss-reactive ketones (excluding diaryl/α,β-unsaturated/α-hetero) is 1. The first-order valence-electron chi connectivity index (χ1n) is 19.0. The highest BCUT2D eigenvalue weighted by atomic mass is 16.2. The van der Waals surface area contributed by atoms with Gasteiger partial charge in [0, 0.05) is 69.0 Å². The zero-order chi connectivity index (χ0) is 36.6. The van der Waals surface area contributed by atoms with E-state index in [1.165, 1.54) is 19.0 Å². The van der Waals surface area contributed by atoms with Crippen molar-refractivity contribution in [3.63, 3.8) is 0 Å². The van der Waals surface area contributed by atoms with Gasteiger partial charge in [0.15, 0.2) is 5.78 Å². The molecule has 13 nitrogen and oxygen atoms in total. The topological polar surface area (TPSA) is 146 Å². The number of piperazine rings is 1. The summed E-state index contributed by atoms with van der Waals surface area (Å²) >= 11 is 0. The summed E-state index contributed by atoms with van der Waals surface area (Å²) in [5.74, 6) is 0.823. The standard InChI is InChI=1S/C40H47N9O4/c1-25-33-22-42-40(45-37(33)49(30-5-3-4-6-30)39(53)36(25)26(2)50)43-34-13-11-31(21-41-34)47-19-17-46(18-20-47)16-15-27-23-48(24-27)29-9-7-28(8-10-29)32-12-14-35(51)44-38(32)52/h7-11,13,21-22,27,30,32H,3-6,12,14-20,23-24H2,1-2H3,(H,44,51,52)(H,41,42,43,45). The van der Waals surface area contributed by atoms with Crippen LogP contribution in [0, 0.1) is 12.8 Å². The summed E-state index contributed by atoms with van der Waals surface area (Å²) in [5, 5.41) is 6.40. The average molecular weight is 718 g/mol. The molecule has 0 radical (unpaired) electrons. The highest BCUT2D eigenvalue weighted by Crippen LogP contribution is 2.33. The lowest BCUT2D eigenvalue weighted by molar-refractivity contribution is -0.134. The Hall–Kier alpha value is -5.17. The first kappa shape index (κ1) is 34.9. The number of hydrogen-bond donors (Lipinski definition) is 2. The molecule has 13 heteroatoms. The van der Waals surface area contributed by atoms with Crippen molar-refractivity contribution in [3.8, 4) is 0 Å². The van der Waals surface area contributed by atoms with Crippen LogP contribution in [0.15, 0.2) is 53.6 Å². The van der Waals surface area contributed by atoms with E-state index < -0.39 is 0 Å². The molecular weight excluding hydrogens is 670 g/mol. The molecule has 276 valence electrons. The van der Waals surface area contributed by atoms with E-state index in [9.17, 15) is 19.2 Å².